The van der Waals surface area contributed by atoms with Gasteiger partial charge in [0.05, 0.1) is 17.7 Å². The third-order valence-electron chi connectivity index (χ3n) is 4.72. The second-order valence-electron chi connectivity index (χ2n) is 6.72. The van der Waals surface area contributed by atoms with E-state index in [1.807, 2.05) is 25.1 Å². The van der Waals surface area contributed by atoms with Crippen LogP contribution in [0.4, 0.5) is 11.4 Å². The van der Waals surface area contributed by atoms with Crippen molar-refractivity contribution in [2.75, 3.05) is 23.3 Å². The number of ether oxygens (including phenoxy) is 1. The summed E-state index contributed by atoms with van der Waals surface area (Å²) in [6.07, 6.45) is 0.738. The second kappa shape index (κ2) is 9.85. The number of hydrogen-bond acceptors (Lipinski definition) is 4. The maximum absolute atomic E-state index is 13.4. The Hall–Kier alpha value is -3.03. The van der Waals surface area contributed by atoms with Crippen LogP contribution >= 0.6 is 11.6 Å². The molecule has 162 valence electrons. The minimum Gasteiger partial charge on any atom is -0.497 e. The highest BCUT2D eigenvalue weighted by Crippen LogP contribution is 2.26. The predicted octanol–water partition coefficient (Wildman–Crippen LogP) is 4.75. The number of benzene rings is 3. The Morgan fingerprint density at radius 2 is 1.65 bits per heavy atom. The van der Waals surface area contributed by atoms with E-state index in [1.54, 1.807) is 42.5 Å². The molecule has 0 radical (unpaired) electrons. The molecule has 3 aromatic rings. The molecule has 0 aliphatic rings. The number of carbonyl (C=O) groups is 1. The molecule has 0 saturated heterocycles. The summed E-state index contributed by atoms with van der Waals surface area (Å²) in [6, 6.07) is 19.7. The van der Waals surface area contributed by atoms with E-state index >= 15 is 0 Å². The van der Waals surface area contributed by atoms with E-state index in [9.17, 15) is 13.2 Å². The highest BCUT2D eigenvalue weighted by Gasteiger charge is 2.27. The lowest BCUT2D eigenvalue weighted by atomic mass is 10.1. The SMILES string of the molecule is CCc1ccccc1NC(=O)CN(c1ccc(Cl)cc1)S(=O)(=O)c1ccc(OC)cc1. The normalized spacial score (nSPS) is 11.1. The van der Waals surface area contributed by atoms with Crippen LogP contribution in [-0.2, 0) is 21.2 Å². The molecule has 0 unspecified atom stereocenters. The summed E-state index contributed by atoms with van der Waals surface area (Å²) in [5.41, 5.74) is 1.96. The van der Waals surface area contributed by atoms with Crippen LogP contribution in [0.5, 0.6) is 5.75 Å². The summed E-state index contributed by atoms with van der Waals surface area (Å²) in [5, 5.41) is 3.29. The molecule has 0 aliphatic heterocycles. The van der Waals surface area contributed by atoms with Crippen LogP contribution in [0.25, 0.3) is 0 Å². The van der Waals surface area contributed by atoms with Gasteiger partial charge in [-0.1, -0.05) is 36.7 Å². The summed E-state index contributed by atoms with van der Waals surface area (Å²) < 4.78 is 33.0. The van der Waals surface area contributed by atoms with Crippen molar-refractivity contribution in [3.63, 3.8) is 0 Å². The molecule has 1 amide bonds. The Balaban J connectivity index is 1.94. The van der Waals surface area contributed by atoms with Crippen molar-refractivity contribution >= 4 is 38.9 Å². The van der Waals surface area contributed by atoms with Gasteiger partial charge in [0.2, 0.25) is 5.91 Å². The van der Waals surface area contributed by atoms with Gasteiger partial charge in [-0.15, -0.1) is 0 Å². The van der Waals surface area contributed by atoms with Crippen LogP contribution in [0.3, 0.4) is 0 Å². The number of hydrogen-bond donors (Lipinski definition) is 1. The lowest BCUT2D eigenvalue weighted by Gasteiger charge is -2.24. The summed E-state index contributed by atoms with van der Waals surface area (Å²) >= 11 is 5.97. The van der Waals surface area contributed by atoms with Gasteiger partial charge in [0.1, 0.15) is 12.3 Å². The molecule has 0 saturated carbocycles. The van der Waals surface area contributed by atoms with Crippen LogP contribution in [0.15, 0.2) is 77.7 Å². The summed E-state index contributed by atoms with van der Waals surface area (Å²) in [4.78, 5) is 12.9. The molecule has 0 aliphatic carbocycles. The molecule has 0 atom stereocenters. The number of carbonyl (C=O) groups excluding carboxylic acids is 1. The number of amides is 1. The van der Waals surface area contributed by atoms with E-state index in [-0.39, 0.29) is 4.90 Å². The standard InChI is InChI=1S/C23H23ClN2O4S/c1-3-17-6-4-5-7-22(17)25-23(27)16-26(19-10-8-18(24)9-11-19)31(28,29)21-14-12-20(30-2)13-15-21/h4-15H,3,16H2,1-2H3,(H,25,27). The molecule has 31 heavy (non-hydrogen) atoms. The number of nitrogens with one attached hydrogen (secondary N) is 1. The average Bonchev–Trinajstić information content (AvgIpc) is 2.78. The fourth-order valence-electron chi connectivity index (χ4n) is 3.07. The van der Waals surface area contributed by atoms with Gasteiger partial charge in [0.25, 0.3) is 10.0 Å². The fourth-order valence-corrected chi connectivity index (χ4v) is 4.62. The Kier molecular flexibility index (Phi) is 7.20. The average molecular weight is 459 g/mol. The zero-order valence-electron chi connectivity index (χ0n) is 17.2. The van der Waals surface area contributed by atoms with Crippen molar-refractivity contribution in [1.29, 1.82) is 0 Å². The van der Waals surface area contributed by atoms with E-state index in [0.29, 0.717) is 22.1 Å². The van der Waals surface area contributed by atoms with Crippen molar-refractivity contribution in [2.45, 2.75) is 18.2 Å². The molecular weight excluding hydrogens is 436 g/mol. The molecule has 1 N–H and O–H groups in total. The van der Waals surface area contributed by atoms with Gasteiger partial charge in [-0.2, -0.15) is 0 Å². The molecule has 0 fully saturated rings. The number of nitrogens with zero attached hydrogens (tertiary/aromatic N) is 1. The van der Waals surface area contributed by atoms with Crippen molar-refractivity contribution in [3.8, 4) is 5.75 Å². The number of methoxy groups -OCH3 is 1. The van der Waals surface area contributed by atoms with Crippen LogP contribution in [0.1, 0.15) is 12.5 Å². The minimum absolute atomic E-state index is 0.0463. The van der Waals surface area contributed by atoms with E-state index in [4.69, 9.17) is 16.3 Å². The van der Waals surface area contributed by atoms with E-state index in [0.717, 1.165) is 16.3 Å². The van der Waals surface area contributed by atoms with Gasteiger partial charge in [-0.05, 0) is 66.6 Å². The van der Waals surface area contributed by atoms with Gasteiger partial charge in [0, 0.05) is 10.7 Å². The molecule has 6 nitrogen and oxygen atoms in total. The maximum Gasteiger partial charge on any atom is 0.264 e. The Labute approximate surface area is 187 Å². The quantitative estimate of drug-likeness (QED) is 0.528. The summed E-state index contributed by atoms with van der Waals surface area (Å²) in [6.45, 7) is 1.59. The van der Waals surface area contributed by atoms with Gasteiger partial charge < -0.3 is 10.1 Å². The van der Waals surface area contributed by atoms with Gasteiger partial charge in [-0.25, -0.2) is 8.42 Å². The smallest absolute Gasteiger partial charge is 0.264 e. The number of aryl methyl sites for hydroxylation is 1. The van der Waals surface area contributed by atoms with Crippen molar-refractivity contribution in [2.24, 2.45) is 0 Å². The second-order valence-corrected chi connectivity index (χ2v) is 9.02. The van der Waals surface area contributed by atoms with Crippen molar-refractivity contribution in [3.05, 3.63) is 83.4 Å². The van der Waals surface area contributed by atoms with Crippen LogP contribution in [-0.4, -0.2) is 28.0 Å². The number of rotatable bonds is 8. The van der Waals surface area contributed by atoms with Crippen molar-refractivity contribution < 1.29 is 17.9 Å². The molecule has 8 heteroatoms. The fraction of sp³-hybridized carbons (Fsp3) is 0.174. The van der Waals surface area contributed by atoms with Gasteiger partial charge in [0.15, 0.2) is 0 Å². The minimum atomic E-state index is -4.02. The molecular formula is C23H23ClN2O4S. The highest BCUT2D eigenvalue weighted by molar-refractivity contribution is 7.92. The first kappa shape index (κ1) is 22.7. The molecule has 0 heterocycles. The third-order valence-corrected chi connectivity index (χ3v) is 6.76. The topological polar surface area (TPSA) is 75.7 Å². The summed E-state index contributed by atoms with van der Waals surface area (Å²) in [7, 11) is -2.52. The van der Waals surface area contributed by atoms with Gasteiger partial charge >= 0.3 is 0 Å². The maximum atomic E-state index is 13.4. The lowest BCUT2D eigenvalue weighted by molar-refractivity contribution is -0.114. The number of para-hydroxylation sites is 1. The van der Waals surface area contributed by atoms with Crippen LogP contribution < -0.4 is 14.4 Å². The zero-order valence-corrected chi connectivity index (χ0v) is 18.8. The Morgan fingerprint density at radius 3 is 2.26 bits per heavy atom. The molecule has 3 rings (SSSR count). The third kappa shape index (κ3) is 5.37. The van der Waals surface area contributed by atoms with E-state index in [2.05, 4.69) is 5.32 Å². The van der Waals surface area contributed by atoms with Crippen LogP contribution in [0.2, 0.25) is 5.02 Å². The Morgan fingerprint density at radius 1 is 1.00 bits per heavy atom. The largest absolute Gasteiger partial charge is 0.497 e. The number of anilines is 2. The molecule has 0 spiro atoms. The molecule has 3 aromatic carbocycles. The first-order chi connectivity index (χ1) is 14.8. The van der Waals surface area contributed by atoms with Crippen molar-refractivity contribution in [1.82, 2.24) is 0 Å². The monoisotopic (exact) mass is 458 g/mol. The molecule has 0 bridgehead atoms. The van der Waals surface area contributed by atoms with E-state index < -0.39 is 22.5 Å². The van der Waals surface area contributed by atoms with E-state index in [1.165, 1.54) is 19.2 Å². The zero-order chi connectivity index (χ0) is 22.4. The first-order valence-corrected chi connectivity index (χ1v) is 11.5. The first-order valence-electron chi connectivity index (χ1n) is 9.65. The summed E-state index contributed by atoms with van der Waals surface area (Å²) in [5.74, 6) is 0.0823. The lowest BCUT2D eigenvalue weighted by Crippen LogP contribution is -2.38. The molecule has 0 aromatic heterocycles. The van der Waals surface area contributed by atoms with Crippen LogP contribution in [0, 0.1) is 0 Å². The highest BCUT2D eigenvalue weighted by atomic mass is 35.5. The van der Waals surface area contributed by atoms with Gasteiger partial charge in [-0.3, -0.25) is 9.10 Å². The number of sulfonamides is 1. The number of halogens is 1. The Bertz CT molecular complexity index is 1150. The predicted molar refractivity (Wildman–Crippen MR) is 123 cm³/mol.